The van der Waals surface area contributed by atoms with Gasteiger partial charge in [-0.15, -0.1) is 0 Å². The number of hydrogen-bond donors (Lipinski definition) is 2. The van der Waals surface area contributed by atoms with Gasteiger partial charge in [0.25, 0.3) is 11.5 Å². The minimum Gasteiger partial charge on any atom is -0.481 e. The number of methoxy groups -OCH3 is 1. The number of aromatic nitrogens is 1. The summed E-state index contributed by atoms with van der Waals surface area (Å²) in [7, 11) is 1.58. The van der Waals surface area contributed by atoms with E-state index in [0.29, 0.717) is 38.8 Å². The number of piperidine rings is 1. The first-order valence-corrected chi connectivity index (χ1v) is 9.05. The quantitative estimate of drug-likeness (QED) is 0.723. The van der Waals surface area contributed by atoms with Gasteiger partial charge in [0.2, 0.25) is 0 Å². The van der Waals surface area contributed by atoms with Crippen LogP contribution in [-0.2, 0) is 9.53 Å². The average molecular weight is 364 g/mol. The summed E-state index contributed by atoms with van der Waals surface area (Å²) in [5, 5.41) is 9.76. The summed E-state index contributed by atoms with van der Waals surface area (Å²) in [5.74, 6) is -1.14. The molecule has 2 rings (SSSR count). The number of carboxylic acid groups (broad SMARTS) is 1. The summed E-state index contributed by atoms with van der Waals surface area (Å²) in [4.78, 5) is 41.3. The number of amides is 1. The third-order valence-electron chi connectivity index (χ3n) is 5.11. The van der Waals surface area contributed by atoms with E-state index >= 15 is 0 Å². The van der Waals surface area contributed by atoms with Crippen molar-refractivity contribution in [2.75, 3.05) is 26.8 Å². The molecular formula is C19H28N2O5. The molecule has 0 radical (unpaired) electrons. The molecule has 0 aliphatic carbocycles. The molecule has 0 bridgehead atoms. The lowest BCUT2D eigenvalue weighted by molar-refractivity contribution is -0.152. The number of ether oxygens (including phenoxy) is 1. The minimum atomic E-state index is -0.975. The van der Waals surface area contributed by atoms with Gasteiger partial charge in [-0.05, 0) is 43.7 Å². The molecular weight excluding hydrogens is 336 g/mol. The maximum Gasteiger partial charge on any atom is 0.311 e. The number of likely N-dealkylation sites (tertiary alicyclic amines) is 1. The Morgan fingerprint density at radius 1 is 1.38 bits per heavy atom. The summed E-state index contributed by atoms with van der Waals surface area (Å²) in [6.07, 6.45) is 2.20. The van der Waals surface area contributed by atoms with Gasteiger partial charge < -0.3 is 19.7 Å². The highest BCUT2D eigenvalue weighted by Gasteiger charge is 2.43. The maximum atomic E-state index is 12.8. The van der Waals surface area contributed by atoms with Crippen LogP contribution < -0.4 is 5.56 Å². The molecule has 1 aromatic rings. The largest absolute Gasteiger partial charge is 0.481 e. The first-order valence-electron chi connectivity index (χ1n) is 9.05. The summed E-state index contributed by atoms with van der Waals surface area (Å²) < 4.78 is 5.03. The Morgan fingerprint density at radius 3 is 2.69 bits per heavy atom. The van der Waals surface area contributed by atoms with Crippen molar-refractivity contribution in [1.82, 2.24) is 9.88 Å². The zero-order valence-electron chi connectivity index (χ0n) is 15.7. The van der Waals surface area contributed by atoms with Crippen molar-refractivity contribution < 1.29 is 19.4 Å². The van der Waals surface area contributed by atoms with Crippen molar-refractivity contribution in [1.29, 1.82) is 0 Å². The van der Waals surface area contributed by atoms with E-state index in [4.69, 9.17) is 4.74 Å². The average Bonchev–Trinajstić information content (AvgIpc) is 2.61. The van der Waals surface area contributed by atoms with Crippen LogP contribution in [0.4, 0.5) is 0 Å². The molecule has 7 nitrogen and oxygen atoms in total. The van der Waals surface area contributed by atoms with E-state index in [2.05, 4.69) is 4.98 Å². The van der Waals surface area contributed by atoms with Crippen LogP contribution in [0.15, 0.2) is 16.9 Å². The van der Waals surface area contributed by atoms with Gasteiger partial charge in [-0.3, -0.25) is 14.4 Å². The lowest BCUT2D eigenvalue weighted by atomic mass is 9.76. The number of hydrogen-bond acceptors (Lipinski definition) is 4. The van der Waals surface area contributed by atoms with Gasteiger partial charge in [0.15, 0.2) is 0 Å². The van der Waals surface area contributed by atoms with Gasteiger partial charge in [0.05, 0.1) is 5.41 Å². The molecule has 26 heavy (non-hydrogen) atoms. The molecule has 2 heterocycles. The molecule has 144 valence electrons. The second-order valence-electron chi connectivity index (χ2n) is 7.32. The monoisotopic (exact) mass is 364 g/mol. The molecule has 2 N–H and O–H groups in total. The second kappa shape index (κ2) is 8.49. The molecule has 1 aliphatic heterocycles. The second-order valence-corrected chi connectivity index (χ2v) is 7.32. The number of H-pyrrole nitrogens is 1. The predicted octanol–water partition coefficient (Wildman–Crippen LogP) is 2.23. The Morgan fingerprint density at radius 2 is 2.12 bits per heavy atom. The van der Waals surface area contributed by atoms with Gasteiger partial charge in [-0.25, -0.2) is 0 Å². The highest BCUT2D eigenvalue weighted by atomic mass is 16.5. The number of carboxylic acids is 1. The van der Waals surface area contributed by atoms with Crippen LogP contribution in [0.5, 0.6) is 0 Å². The number of rotatable bonds is 7. The molecule has 0 aromatic carbocycles. The van der Waals surface area contributed by atoms with Crippen molar-refractivity contribution in [3.8, 4) is 0 Å². The number of nitrogens with zero attached hydrogens (tertiary/aromatic N) is 1. The number of nitrogens with one attached hydrogen (secondary N) is 1. The van der Waals surface area contributed by atoms with Gasteiger partial charge in [-0.2, -0.15) is 0 Å². The van der Waals surface area contributed by atoms with Crippen LogP contribution in [0.1, 0.15) is 61.5 Å². The van der Waals surface area contributed by atoms with Gasteiger partial charge in [0, 0.05) is 32.5 Å². The predicted molar refractivity (Wildman–Crippen MR) is 97.5 cm³/mol. The third kappa shape index (κ3) is 4.33. The van der Waals surface area contributed by atoms with Crippen molar-refractivity contribution in [2.24, 2.45) is 5.41 Å². The first kappa shape index (κ1) is 20.2. The Balaban J connectivity index is 2.21. The molecule has 0 unspecified atom stereocenters. The highest BCUT2D eigenvalue weighted by Crippen LogP contribution is 2.35. The lowest BCUT2D eigenvalue weighted by Crippen LogP contribution is -2.50. The zero-order chi connectivity index (χ0) is 19.3. The van der Waals surface area contributed by atoms with Crippen LogP contribution in [0.2, 0.25) is 0 Å². The van der Waals surface area contributed by atoms with Crippen LogP contribution in [0.3, 0.4) is 0 Å². The van der Waals surface area contributed by atoms with Crippen molar-refractivity contribution in [2.45, 2.75) is 45.4 Å². The number of carbonyl (C=O) groups is 2. The van der Waals surface area contributed by atoms with Gasteiger partial charge >= 0.3 is 5.97 Å². The van der Waals surface area contributed by atoms with E-state index in [-0.39, 0.29) is 18.0 Å². The molecule has 1 atom stereocenters. The van der Waals surface area contributed by atoms with Crippen LogP contribution in [-0.4, -0.2) is 53.7 Å². The van der Waals surface area contributed by atoms with Crippen LogP contribution >= 0.6 is 0 Å². The van der Waals surface area contributed by atoms with Crippen LogP contribution in [0.25, 0.3) is 0 Å². The molecule has 1 saturated heterocycles. The van der Waals surface area contributed by atoms with Crippen molar-refractivity contribution >= 4 is 11.9 Å². The first-order chi connectivity index (χ1) is 12.3. The van der Waals surface area contributed by atoms with E-state index in [1.54, 1.807) is 19.2 Å². The van der Waals surface area contributed by atoms with Crippen LogP contribution in [0, 0.1) is 5.41 Å². The summed E-state index contributed by atoms with van der Waals surface area (Å²) in [6.45, 7) is 4.98. The van der Waals surface area contributed by atoms with E-state index in [9.17, 15) is 19.5 Å². The Bertz CT molecular complexity index is 712. The summed E-state index contributed by atoms with van der Waals surface area (Å²) >= 11 is 0. The van der Waals surface area contributed by atoms with Gasteiger partial charge in [0.1, 0.15) is 5.56 Å². The van der Waals surface area contributed by atoms with E-state index in [1.807, 2.05) is 13.8 Å². The SMILES string of the molecule is COCCC[C@]1(C(=O)O)CCCN(C(=O)c2ccc(C(C)C)[nH]c2=O)C1. The van der Waals surface area contributed by atoms with Crippen molar-refractivity contribution in [3.63, 3.8) is 0 Å². The fourth-order valence-corrected chi connectivity index (χ4v) is 3.51. The smallest absolute Gasteiger partial charge is 0.311 e. The summed E-state index contributed by atoms with van der Waals surface area (Å²) in [6, 6.07) is 3.28. The lowest BCUT2D eigenvalue weighted by Gasteiger charge is -2.40. The molecule has 7 heteroatoms. The Kier molecular flexibility index (Phi) is 6.58. The highest BCUT2D eigenvalue weighted by molar-refractivity contribution is 5.94. The molecule has 1 aromatic heterocycles. The third-order valence-corrected chi connectivity index (χ3v) is 5.11. The summed E-state index contributed by atoms with van der Waals surface area (Å²) in [5.41, 5.74) is -0.568. The zero-order valence-corrected chi connectivity index (χ0v) is 15.7. The fourth-order valence-electron chi connectivity index (χ4n) is 3.51. The standard InChI is InChI=1S/C19H28N2O5/c1-13(2)15-7-6-14(16(22)20-15)17(23)21-10-4-8-19(12-21,18(24)25)9-5-11-26-3/h6-7,13H,4-5,8-12H2,1-3H3,(H,20,22)(H,24,25)/t19-/m1/s1. The van der Waals surface area contributed by atoms with E-state index in [1.165, 1.54) is 4.90 Å². The fraction of sp³-hybridized carbons (Fsp3) is 0.632. The number of carbonyl (C=O) groups excluding carboxylic acids is 1. The molecule has 0 spiro atoms. The minimum absolute atomic E-state index is 0.0625. The number of aliphatic carboxylic acids is 1. The normalized spacial score (nSPS) is 20.4. The van der Waals surface area contributed by atoms with Crippen molar-refractivity contribution in [3.05, 3.63) is 33.7 Å². The topological polar surface area (TPSA) is 99.7 Å². The molecule has 0 saturated carbocycles. The number of aromatic amines is 1. The van der Waals surface area contributed by atoms with E-state index < -0.39 is 22.9 Å². The Labute approximate surface area is 153 Å². The molecule has 1 aliphatic rings. The maximum absolute atomic E-state index is 12.8. The number of pyridine rings is 1. The molecule has 1 amide bonds. The Hall–Kier alpha value is -2.15. The molecule has 1 fully saturated rings. The van der Waals surface area contributed by atoms with E-state index in [0.717, 1.165) is 5.69 Å². The van der Waals surface area contributed by atoms with Gasteiger partial charge in [-0.1, -0.05) is 13.8 Å².